The molecular weight excluding hydrogens is 256 g/mol. The minimum Gasteiger partial charge on any atom is -0.494 e. The largest absolute Gasteiger partial charge is 0.494 e. The molecule has 2 N–H and O–H groups in total. The molecule has 0 saturated heterocycles. The van der Waals surface area contributed by atoms with Crippen molar-refractivity contribution < 1.29 is 29.4 Å². The van der Waals surface area contributed by atoms with Gasteiger partial charge in [-0.05, 0) is 12.1 Å². The van der Waals surface area contributed by atoms with E-state index < -0.39 is 24.6 Å². The Morgan fingerprint density at radius 2 is 2.21 bits per heavy atom. The Bertz CT molecular complexity index is 464. The van der Waals surface area contributed by atoms with Gasteiger partial charge in [0.1, 0.15) is 0 Å². The molecule has 0 fully saturated rings. The van der Waals surface area contributed by atoms with Crippen molar-refractivity contribution in [2.45, 2.75) is 6.04 Å². The standard InChI is InChI=1S/C11H14N2O6/c1-13(7(6-14)10(15)16)19-11(17)9-8(18-2)4-3-5-12-9/h3-5,7,14H,6H2,1-2H3,(H,15,16)/t7-/m0/s1. The second-order valence-electron chi connectivity index (χ2n) is 3.52. The van der Waals surface area contributed by atoms with Crippen molar-refractivity contribution >= 4 is 11.9 Å². The van der Waals surface area contributed by atoms with Crippen LogP contribution in [0.25, 0.3) is 0 Å². The molecule has 0 bridgehead atoms. The first-order valence-corrected chi connectivity index (χ1v) is 5.29. The fourth-order valence-corrected chi connectivity index (χ4v) is 1.29. The first-order valence-electron chi connectivity index (χ1n) is 5.29. The predicted molar refractivity (Wildman–Crippen MR) is 62.5 cm³/mol. The number of carbonyl (C=O) groups excluding carboxylic acids is 1. The second-order valence-corrected chi connectivity index (χ2v) is 3.52. The number of hydrogen-bond acceptors (Lipinski definition) is 7. The van der Waals surface area contributed by atoms with Crippen molar-refractivity contribution in [1.29, 1.82) is 0 Å². The van der Waals surface area contributed by atoms with Gasteiger partial charge in [-0.3, -0.25) is 4.79 Å². The Hall–Kier alpha value is -2.19. The van der Waals surface area contributed by atoms with Gasteiger partial charge in [0, 0.05) is 13.2 Å². The van der Waals surface area contributed by atoms with Crippen LogP contribution in [0.2, 0.25) is 0 Å². The van der Waals surface area contributed by atoms with Crippen LogP contribution in [0.4, 0.5) is 0 Å². The van der Waals surface area contributed by atoms with Crippen molar-refractivity contribution in [3.8, 4) is 5.75 Å². The van der Waals surface area contributed by atoms with Crippen LogP contribution in [-0.4, -0.2) is 59.0 Å². The van der Waals surface area contributed by atoms with E-state index in [0.29, 0.717) is 0 Å². The number of carboxylic acid groups (broad SMARTS) is 1. The SMILES string of the molecule is COc1cccnc1C(=O)ON(C)[C@@H](CO)C(=O)O. The molecule has 0 spiro atoms. The highest BCUT2D eigenvalue weighted by Crippen LogP contribution is 2.16. The number of hydroxylamine groups is 2. The highest BCUT2D eigenvalue weighted by Gasteiger charge is 2.26. The van der Waals surface area contributed by atoms with Crippen molar-refractivity contribution in [2.75, 3.05) is 20.8 Å². The molecule has 19 heavy (non-hydrogen) atoms. The van der Waals surface area contributed by atoms with E-state index in [0.717, 1.165) is 5.06 Å². The normalized spacial score (nSPS) is 12.0. The van der Waals surface area contributed by atoms with Gasteiger partial charge in [0.05, 0.1) is 13.7 Å². The molecular formula is C11H14N2O6. The van der Waals surface area contributed by atoms with E-state index in [2.05, 4.69) is 4.98 Å². The molecule has 0 aliphatic heterocycles. The molecule has 104 valence electrons. The lowest BCUT2D eigenvalue weighted by Crippen LogP contribution is -2.42. The van der Waals surface area contributed by atoms with Crippen LogP contribution in [0.1, 0.15) is 10.5 Å². The van der Waals surface area contributed by atoms with Gasteiger partial charge in [0.15, 0.2) is 17.5 Å². The van der Waals surface area contributed by atoms with Gasteiger partial charge in [0.2, 0.25) is 0 Å². The number of ether oxygens (including phenoxy) is 1. The number of methoxy groups -OCH3 is 1. The molecule has 8 nitrogen and oxygen atoms in total. The van der Waals surface area contributed by atoms with Crippen LogP contribution in [0.5, 0.6) is 5.75 Å². The molecule has 0 amide bonds. The third-order valence-electron chi connectivity index (χ3n) is 2.31. The number of nitrogens with zero attached hydrogens (tertiary/aromatic N) is 2. The van der Waals surface area contributed by atoms with E-state index in [1.165, 1.54) is 26.4 Å². The van der Waals surface area contributed by atoms with E-state index in [1.807, 2.05) is 0 Å². The molecule has 0 aliphatic carbocycles. The third-order valence-corrected chi connectivity index (χ3v) is 2.31. The van der Waals surface area contributed by atoms with E-state index in [1.54, 1.807) is 6.07 Å². The smallest absolute Gasteiger partial charge is 0.379 e. The zero-order valence-corrected chi connectivity index (χ0v) is 10.4. The number of aliphatic carboxylic acids is 1. The molecule has 0 unspecified atom stereocenters. The Labute approximate surface area is 109 Å². The maximum absolute atomic E-state index is 11.8. The molecule has 1 rings (SSSR count). The summed E-state index contributed by atoms with van der Waals surface area (Å²) in [6, 6.07) is 1.75. The number of rotatable bonds is 6. The Kier molecular flexibility index (Phi) is 5.22. The molecule has 0 radical (unpaired) electrons. The first-order chi connectivity index (χ1) is 9.01. The fraction of sp³-hybridized carbons (Fsp3) is 0.364. The van der Waals surface area contributed by atoms with Crippen LogP contribution in [0.3, 0.4) is 0 Å². The van der Waals surface area contributed by atoms with Crippen molar-refractivity contribution in [2.24, 2.45) is 0 Å². The summed E-state index contributed by atoms with van der Waals surface area (Å²) in [5.41, 5.74) is -0.0843. The summed E-state index contributed by atoms with van der Waals surface area (Å²) in [5, 5.41) is 18.4. The summed E-state index contributed by atoms with van der Waals surface area (Å²) in [6.45, 7) is -0.696. The van der Waals surface area contributed by atoms with Gasteiger partial charge in [0.25, 0.3) is 0 Å². The van der Waals surface area contributed by atoms with Gasteiger partial charge >= 0.3 is 11.9 Å². The number of carbonyl (C=O) groups is 2. The number of likely N-dealkylation sites (N-methyl/N-ethyl adjacent to an activating group) is 1. The summed E-state index contributed by atoms with van der Waals surface area (Å²) in [4.78, 5) is 31.2. The highest BCUT2D eigenvalue weighted by molar-refractivity contribution is 5.90. The van der Waals surface area contributed by atoms with Crippen LogP contribution in [-0.2, 0) is 9.63 Å². The van der Waals surface area contributed by atoms with Crippen molar-refractivity contribution in [3.05, 3.63) is 24.0 Å². The average Bonchev–Trinajstić information content (AvgIpc) is 2.38. The summed E-state index contributed by atoms with van der Waals surface area (Å²) < 4.78 is 4.93. The molecule has 8 heteroatoms. The predicted octanol–water partition coefficient (Wildman–Crippen LogP) is -0.461. The summed E-state index contributed by atoms with van der Waals surface area (Å²) in [6.07, 6.45) is 1.37. The van der Waals surface area contributed by atoms with Crippen LogP contribution >= 0.6 is 0 Å². The van der Waals surface area contributed by atoms with E-state index in [9.17, 15) is 9.59 Å². The topological polar surface area (TPSA) is 109 Å². The number of pyridine rings is 1. The Balaban J connectivity index is 2.82. The van der Waals surface area contributed by atoms with Crippen LogP contribution in [0, 0.1) is 0 Å². The van der Waals surface area contributed by atoms with E-state index in [4.69, 9.17) is 19.8 Å². The number of aromatic nitrogens is 1. The maximum atomic E-state index is 11.8. The fourth-order valence-electron chi connectivity index (χ4n) is 1.29. The Morgan fingerprint density at radius 1 is 1.53 bits per heavy atom. The number of carboxylic acids is 1. The minimum absolute atomic E-state index is 0.0843. The van der Waals surface area contributed by atoms with Crippen LogP contribution in [0.15, 0.2) is 18.3 Å². The summed E-state index contributed by atoms with van der Waals surface area (Å²) in [5.74, 6) is -1.98. The lowest BCUT2D eigenvalue weighted by molar-refractivity contribution is -0.168. The second kappa shape index (κ2) is 6.66. The van der Waals surface area contributed by atoms with Crippen molar-refractivity contribution in [1.82, 2.24) is 10.0 Å². The quantitative estimate of drug-likeness (QED) is 0.668. The Morgan fingerprint density at radius 3 is 2.74 bits per heavy atom. The van der Waals surface area contributed by atoms with E-state index >= 15 is 0 Å². The maximum Gasteiger partial charge on any atom is 0.379 e. The monoisotopic (exact) mass is 270 g/mol. The van der Waals surface area contributed by atoms with Gasteiger partial charge in [-0.2, -0.15) is 0 Å². The minimum atomic E-state index is -1.35. The molecule has 1 heterocycles. The molecule has 1 atom stereocenters. The number of aliphatic hydroxyl groups is 1. The van der Waals surface area contributed by atoms with Gasteiger partial charge in [-0.25, -0.2) is 9.78 Å². The van der Waals surface area contributed by atoms with Gasteiger partial charge in [-0.1, -0.05) is 0 Å². The third kappa shape index (κ3) is 3.63. The first kappa shape index (κ1) is 14.9. The van der Waals surface area contributed by atoms with Crippen molar-refractivity contribution in [3.63, 3.8) is 0 Å². The number of aliphatic hydroxyl groups excluding tert-OH is 1. The number of hydrogen-bond donors (Lipinski definition) is 2. The van der Waals surface area contributed by atoms with Gasteiger partial charge < -0.3 is 19.8 Å². The van der Waals surface area contributed by atoms with Gasteiger partial charge in [-0.15, -0.1) is 5.06 Å². The zero-order valence-electron chi connectivity index (χ0n) is 10.4. The highest BCUT2D eigenvalue weighted by atomic mass is 16.7. The molecule has 1 aromatic heterocycles. The summed E-state index contributed by atoms with van der Waals surface area (Å²) in [7, 11) is 2.59. The summed E-state index contributed by atoms with van der Waals surface area (Å²) >= 11 is 0. The lowest BCUT2D eigenvalue weighted by Gasteiger charge is -2.21. The molecule has 0 saturated carbocycles. The molecule has 0 aromatic carbocycles. The van der Waals surface area contributed by atoms with E-state index in [-0.39, 0.29) is 11.4 Å². The van der Waals surface area contributed by atoms with Crippen LogP contribution < -0.4 is 4.74 Å². The molecule has 0 aliphatic rings. The lowest BCUT2D eigenvalue weighted by atomic mass is 10.3. The average molecular weight is 270 g/mol. The molecule has 1 aromatic rings. The zero-order chi connectivity index (χ0) is 14.4.